The molecular weight excluding hydrogens is 172 g/mol. The molecule has 0 saturated heterocycles. The maximum Gasteiger partial charge on any atom is 0.0844 e. The van der Waals surface area contributed by atoms with Crippen molar-refractivity contribution < 1.29 is 0 Å². The van der Waals surface area contributed by atoms with Crippen molar-refractivity contribution in [2.45, 2.75) is 34.2 Å². The van der Waals surface area contributed by atoms with Crippen LogP contribution in [0.2, 0.25) is 5.02 Å². The summed E-state index contributed by atoms with van der Waals surface area (Å²) in [5, 5.41) is 5.14. The highest BCUT2D eigenvalue weighted by Gasteiger charge is 2.09. The van der Waals surface area contributed by atoms with Gasteiger partial charge in [-0.15, -0.1) is 0 Å². The Balaban J connectivity index is 2.93. The number of nitrogens with zero attached hydrogens (tertiary/aromatic N) is 2. The van der Waals surface area contributed by atoms with Crippen molar-refractivity contribution in [3.8, 4) is 0 Å². The minimum Gasteiger partial charge on any atom is -0.268 e. The van der Waals surface area contributed by atoms with Crippen LogP contribution in [0.3, 0.4) is 0 Å². The van der Waals surface area contributed by atoms with Crippen molar-refractivity contribution in [2.75, 3.05) is 0 Å². The van der Waals surface area contributed by atoms with Crippen molar-refractivity contribution in [1.82, 2.24) is 9.78 Å². The zero-order valence-corrected chi connectivity index (χ0v) is 8.81. The van der Waals surface area contributed by atoms with E-state index in [1.807, 2.05) is 18.5 Å². The minimum absolute atomic E-state index is 0.610. The Morgan fingerprint density at radius 3 is 2.33 bits per heavy atom. The highest BCUT2D eigenvalue weighted by atomic mass is 35.5. The molecule has 1 aromatic rings. The van der Waals surface area contributed by atoms with E-state index in [0.29, 0.717) is 5.92 Å². The Kier molecular flexibility index (Phi) is 2.78. The molecule has 0 aliphatic rings. The molecule has 1 aromatic heterocycles. The Bertz CT molecular complexity index is 276. The molecule has 0 N–H and O–H groups in total. The molecule has 0 aliphatic carbocycles. The molecule has 1 heterocycles. The Morgan fingerprint density at radius 1 is 1.42 bits per heavy atom. The van der Waals surface area contributed by atoms with Gasteiger partial charge < -0.3 is 0 Å². The monoisotopic (exact) mass is 186 g/mol. The van der Waals surface area contributed by atoms with E-state index >= 15 is 0 Å². The molecule has 0 aliphatic heterocycles. The lowest BCUT2D eigenvalue weighted by Gasteiger charge is -2.06. The summed E-state index contributed by atoms with van der Waals surface area (Å²) in [5.41, 5.74) is 2.00. The molecule has 68 valence electrons. The standard InChI is InChI=1S/C9H15ClN2/c1-6(2)5-12-8(4)9(10)7(3)11-12/h6H,5H2,1-4H3. The molecule has 2 nitrogen and oxygen atoms in total. The van der Waals surface area contributed by atoms with Gasteiger partial charge in [-0.05, 0) is 19.8 Å². The first-order valence-electron chi connectivity index (χ1n) is 4.22. The zero-order chi connectivity index (χ0) is 9.30. The van der Waals surface area contributed by atoms with Crippen LogP contribution in [0.15, 0.2) is 0 Å². The van der Waals surface area contributed by atoms with Crippen molar-refractivity contribution in [1.29, 1.82) is 0 Å². The van der Waals surface area contributed by atoms with Crippen LogP contribution in [0, 0.1) is 19.8 Å². The SMILES string of the molecule is Cc1nn(CC(C)C)c(C)c1Cl. The summed E-state index contributed by atoms with van der Waals surface area (Å²) < 4.78 is 1.97. The fraction of sp³-hybridized carbons (Fsp3) is 0.667. The zero-order valence-electron chi connectivity index (χ0n) is 8.06. The topological polar surface area (TPSA) is 17.8 Å². The predicted molar refractivity (Wildman–Crippen MR) is 51.5 cm³/mol. The van der Waals surface area contributed by atoms with Crippen LogP contribution in [0.25, 0.3) is 0 Å². The fourth-order valence-electron chi connectivity index (χ4n) is 1.20. The van der Waals surface area contributed by atoms with Crippen molar-refractivity contribution in [3.63, 3.8) is 0 Å². The Morgan fingerprint density at radius 2 is 2.00 bits per heavy atom. The molecule has 0 bridgehead atoms. The van der Waals surface area contributed by atoms with Gasteiger partial charge in [0.25, 0.3) is 0 Å². The second-order valence-corrected chi connectivity index (χ2v) is 3.94. The predicted octanol–water partition coefficient (Wildman–Crippen LogP) is 2.81. The van der Waals surface area contributed by atoms with Gasteiger partial charge in [-0.2, -0.15) is 5.10 Å². The molecule has 0 aromatic carbocycles. The van der Waals surface area contributed by atoms with Gasteiger partial charge >= 0.3 is 0 Å². The van der Waals surface area contributed by atoms with E-state index < -0.39 is 0 Å². The van der Waals surface area contributed by atoms with E-state index in [1.165, 1.54) is 0 Å². The Hall–Kier alpha value is -0.500. The number of hydrogen-bond donors (Lipinski definition) is 0. The van der Waals surface area contributed by atoms with Gasteiger partial charge in [0.15, 0.2) is 0 Å². The number of hydrogen-bond acceptors (Lipinski definition) is 1. The van der Waals surface area contributed by atoms with Crippen LogP contribution >= 0.6 is 11.6 Å². The van der Waals surface area contributed by atoms with Gasteiger partial charge in [0.2, 0.25) is 0 Å². The lowest BCUT2D eigenvalue weighted by atomic mass is 10.2. The molecular formula is C9H15ClN2. The molecule has 0 atom stereocenters. The van der Waals surface area contributed by atoms with Gasteiger partial charge in [0.1, 0.15) is 0 Å². The third-order valence-corrected chi connectivity index (χ3v) is 2.38. The van der Waals surface area contributed by atoms with Crippen LogP contribution in [0.5, 0.6) is 0 Å². The van der Waals surface area contributed by atoms with E-state index in [2.05, 4.69) is 18.9 Å². The molecule has 0 amide bonds. The van der Waals surface area contributed by atoms with Crippen LogP contribution < -0.4 is 0 Å². The molecule has 0 radical (unpaired) electrons. The summed E-state index contributed by atoms with van der Waals surface area (Å²) in [4.78, 5) is 0. The van der Waals surface area contributed by atoms with Gasteiger partial charge in [-0.25, -0.2) is 0 Å². The van der Waals surface area contributed by atoms with Gasteiger partial charge in [-0.1, -0.05) is 25.4 Å². The van der Waals surface area contributed by atoms with Crippen LogP contribution in [0.1, 0.15) is 25.2 Å². The average Bonchev–Trinajstić information content (AvgIpc) is 2.17. The molecule has 0 unspecified atom stereocenters. The Labute approximate surface area is 78.5 Å². The van der Waals surface area contributed by atoms with Crippen molar-refractivity contribution >= 4 is 11.6 Å². The number of aromatic nitrogens is 2. The summed E-state index contributed by atoms with van der Waals surface area (Å²) >= 11 is 6.00. The maximum absolute atomic E-state index is 6.00. The van der Waals surface area contributed by atoms with E-state index in [-0.39, 0.29) is 0 Å². The lowest BCUT2D eigenvalue weighted by Crippen LogP contribution is -2.07. The normalized spacial score (nSPS) is 11.2. The third-order valence-electron chi connectivity index (χ3n) is 1.83. The second kappa shape index (κ2) is 3.48. The largest absolute Gasteiger partial charge is 0.268 e. The van der Waals surface area contributed by atoms with Crippen LogP contribution in [-0.4, -0.2) is 9.78 Å². The summed E-state index contributed by atoms with van der Waals surface area (Å²) in [6, 6.07) is 0. The molecule has 0 saturated carbocycles. The first-order chi connectivity index (χ1) is 5.52. The van der Waals surface area contributed by atoms with E-state index in [9.17, 15) is 0 Å². The number of aryl methyl sites for hydroxylation is 1. The number of halogens is 1. The highest BCUT2D eigenvalue weighted by Crippen LogP contribution is 2.19. The van der Waals surface area contributed by atoms with Crippen molar-refractivity contribution in [3.05, 3.63) is 16.4 Å². The van der Waals surface area contributed by atoms with E-state index in [4.69, 9.17) is 11.6 Å². The second-order valence-electron chi connectivity index (χ2n) is 3.56. The summed E-state index contributed by atoms with van der Waals surface area (Å²) in [6.07, 6.45) is 0. The molecule has 12 heavy (non-hydrogen) atoms. The van der Waals surface area contributed by atoms with Gasteiger partial charge in [0.05, 0.1) is 16.4 Å². The lowest BCUT2D eigenvalue weighted by molar-refractivity contribution is 0.473. The summed E-state index contributed by atoms with van der Waals surface area (Å²) in [6.45, 7) is 9.23. The average molecular weight is 187 g/mol. The number of rotatable bonds is 2. The van der Waals surface area contributed by atoms with Gasteiger partial charge in [0, 0.05) is 6.54 Å². The van der Waals surface area contributed by atoms with Crippen LogP contribution in [-0.2, 0) is 6.54 Å². The van der Waals surface area contributed by atoms with Gasteiger partial charge in [-0.3, -0.25) is 4.68 Å². The smallest absolute Gasteiger partial charge is 0.0844 e. The molecule has 1 rings (SSSR count). The van der Waals surface area contributed by atoms with Crippen LogP contribution in [0.4, 0.5) is 0 Å². The quantitative estimate of drug-likeness (QED) is 0.695. The minimum atomic E-state index is 0.610. The van der Waals surface area contributed by atoms with E-state index in [0.717, 1.165) is 23.0 Å². The summed E-state index contributed by atoms with van der Waals surface area (Å²) in [5.74, 6) is 0.610. The van der Waals surface area contributed by atoms with E-state index in [1.54, 1.807) is 0 Å². The fourth-order valence-corrected chi connectivity index (χ4v) is 1.33. The third kappa shape index (κ3) is 1.81. The molecule has 0 spiro atoms. The first-order valence-corrected chi connectivity index (χ1v) is 4.59. The molecule has 3 heteroatoms. The van der Waals surface area contributed by atoms with Crippen molar-refractivity contribution in [2.24, 2.45) is 5.92 Å². The summed E-state index contributed by atoms with van der Waals surface area (Å²) in [7, 11) is 0. The first kappa shape index (κ1) is 9.59. The highest BCUT2D eigenvalue weighted by molar-refractivity contribution is 6.31. The maximum atomic E-state index is 6.00. The molecule has 0 fully saturated rings.